The van der Waals surface area contributed by atoms with Gasteiger partial charge in [-0.1, -0.05) is 6.08 Å². The maximum Gasteiger partial charge on any atom is 0.246 e. The van der Waals surface area contributed by atoms with Crippen molar-refractivity contribution in [1.29, 1.82) is 0 Å². The third-order valence-electron chi connectivity index (χ3n) is 3.17. The molecule has 1 rings (SSSR count). The fourth-order valence-corrected chi connectivity index (χ4v) is 3.62. The minimum absolute atomic E-state index is 0.284. The van der Waals surface area contributed by atoms with E-state index in [4.69, 9.17) is 0 Å². The molecule has 1 heterocycles. The van der Waals surface area contributed by atoms with E-state index in [1.165, 1.54) is 4.31 Å². The van der Waals surface area contributed by atoms with Gasteiger partial charge in [0.05, 0.1) is 11.4 Å². The Morgan fingerprint density at radius 3 is 2.65 bits per heavy atom. The van der Waals surface area contributed by atoms with Crippen molar-refractivity contribution < 1.29 is 8.42 Å². The lowest BCUT2D eigenvalue weighted by Gasteiger charge is -2.15. The molecule has 0 aliphatic rings. The molecule has 0 bridgehead atoms. The van der Waals surface area contributed by atoms with Crippen LogP contribution < -0.4 is 5.32 Å². The highest BCUT2D eigenvalue weighted by molar-refractivity contribution is 7.89. The number of nitrogens with one attached hydrogen (secondary N) is 1. The molecule has 0 atom stereocenters. The van der Waals surface area contributed by atoms with Gasteiger partial charge in [-0.3, -0.25) is 4.68 Å². The predicted molar refractivity (Wildman–Crippen MR) is 80.3 cm³/mol. The van der Waals surface area contributed by atoms with Crippen LogP contribution in [0.25, 0.3) is 0 Å². The summed E-state index contributed by atoms with van der Waals surface area (Å²) in [6, 6.07) is 0. The highest BCUT2D eigenvalue weighted by Crippen LogP contribution is 2.22. The zero-order valence-corrected chi connectivity index (χ0v) is 13.5. The molecule has 1 aromatic heterocycles. The molecule has 0 unspecified atom stereocenters. The van der Waals surface area contributed by atoms with Gasteiger partial charge in [0.25, 0.3) is 0 Å². The molecular weight excluding hydrogens is 276 g/mol. The molecule has 6 nitrogen and oxygen atoms in total. The monoisotopic (exact) mass is 300 g/mol. The highest BCUT2D eigenvalue weighted by atomic mass is 32.2. The lowest BCUT2D eigenvalue weighted by molar-refractivity contribution is 0.497. The molecule has 1 aromatic rings. The van der Waals surface area contributed by atoms with E-state index in [1.807, 2.05) is 7.05 Å². The molecule has 0 fully saturated rings. The number of nitrogens with zero attached hydrogens (tertiary/aromatic N) is 3. The van der Waals surface area contributed by atoms with Gasteiger partial charge in [-0.2, -0.15) is 9.40 Å². The normalized spacial score (nSPS) is 12.1. The SMILES string of the molecule is C=CCN(C)S(=O)(=O)c1c(C)nn(CCCNC)c1C. The van der Waals surface area contributed by atoms with E-state index >= 15 is 0 Å². The largest absolute Gasteiger partial charge is 0.320 e. The number of hydrogen-bond donors (Lipinski definition) is 1. The van der Waals surface area contributed by atoms with Crippen molar-refractivity contribution in [1.82, 2.24) is 19.4 Å². The van der Waals surface area contributed by atoms with E-state index in [1.54, 1.807) is 31.7 Å². The quantitative estimate of drug-likeness (QED) is 0.572. The van der Waals surface area contributed by atoms with Crippen molar-refractivity contribution in [2.45, 2.75) is 31.7 Å². The zero-order chi connectivity index (χ0) is 15.3. The summed E-state index contributed by atoms with van der Waals surface area (Å²) in [7, 11) is -0.0691. The average Bonchev–Trinajstić information content (AvgIpc) is 2.65. The Hall–Kier alpha value is -1.18. The van der Waals surface area contributed by atoms with E-state index in [0.29, 0.717) is 22.8 Å². The summed E-state index contributed by atoms with van der Waals surface area (Å²) in [6.07, 6.45) is 2.47. The Kier molecular flexibility index (Phi) is 5.91. The first kappa shape index (κ1) is 16.9. The van der Waals surface area contributed by atoms with Crippen LogP contribution in [0.5, 0.6) is 0 Å². The molecule has 0 aliphatic heterocycles. The van der Waals surface area contributed by atoms with Crippen LogP contribution in [-0.2, 0) is 16.6 Å². The fourth-order valence-electron chi connectivity index (χ4n) is 2.11. The van der Waals surface area contributed by atoms with Crippen LogP contribution in [-0.4, -0.2) is 49.7 Å². The first-order valence-electron chi connectivity index (χ1n) is 6.62. The van der Waals surface area contributed by atoms with Gasteiger partial charge in [-0.15, -0.1) is 6.58 Å². The molecule has 0 spiro atoms. The standard InChI is InChI=1S/C13H24N4O2S/c1-6-9-16(5)20(18,19)13-11(2)15-17(12(13)3)10-7-8-14-4/h6,14H,1,7-10H2,2-5H3. The van der Waals surface area contributed by atoms with Crippen LogP contribution in [0.4, 0.5) is 0 Å². The van der Waals surface area contributed by atoms with Gasteiger partial charge in [0.1, 0.15) is 4.90 Å². The molecule has 114 valence electrons. The van der Waals surface area contributed by atoms with E-state index in [2.05, 4.69) is 17.0 Å². The second kappa shape index (κ2) is 7.01. The number of rotatable bonds is 8. The minimum atomic E-state index is -3.51. The maximum absolute atomic E-state index is 12.5. The van der Waals surface area contributed by atoms with E-state index in [0.717, 1.165) is 13.0 Å². The molecule has 0 saturated carbocycles. The number of aryl methyl sites for hydroxylation is 2. The fraction of sp³-hybridized carbons (Fsp3) is 0.615. The van der Waals surface area contributed by atoms with Gasteiger partial charge in [-0.25, -0.2) is 8.42 Å². The van der Waals surface area contributed by atoms with Crippen molar-refractivity contribution in [3.63, 3.8) is 0 Å². The Morgan fingerprint density at radius 1 is 1.45 bits per heavy atom. The molecule has 0 saturated heterocycles. The van der Waals surface area contributed by atoms with Crippen LogP contribution in [0.15, 0.2) is 17.6 Å². The predicted octanol–water partition coefficient (Wildman–Crippen LogP) is 0.916. The summed E-state index contributed by atoms with van der Waals surface area (Å²) in [5.41, 5.74) is 1.23. The second-order valence-electron chi connectivity index (χ2n) is 4.75. The Morgan fingerprint density at radius 2 is 2.10 bits per heavy atom. The van der Waals surface area contributed by atoms with Crippen molar-refractivity contribution >= 4 is 10.0 Å². The zero-order valence-electron chi connectivity index (χ0n) is 12.7. The van der Waals surface area contributed by atoms with Crippen LogP contribution in [0, 0.1) is 13.8 Å². The molecule has 0 radical (unpaired) electrons. The van der Waals surface area contributed by atoms with Gasteiger partial charge in [0, 0.05) is 20.1 Å². The Bertz CT molecular complexity index is 563. The van der Waals surface area contributed by atoms with E-state index in [9.17, 15) is 8.42 Å². The lowest BCUT2D eigenvalue weighted by Crippen LogP contribution is -2.28. The molecule has 20 heavy (non-hydrogen) atoms. The summed E-state index contributed by atoms with van der Waals surface area (Å²) in [5.74, 6) is 0. The smallest absolute Gasteiger partial charge is 0.246 e. The number of likely N-dealkylation sites (N-methyl/N-ethyl adjacent to an activating group) is 1. The topological polar surface area (TPSA) is 67.2 Å². The number of aromatic nitrogens is 2. The minimum Gasteiger partial charge on any atom is -0.320 e. The molecule has 0 amide bonds. The van der Waals surface area contributed by atoms with Gasteiger partial charge >= 0.3 is 0 Å². The first-order valence-corrected chi connectivity index (χ1v) is 8.06. The first-order chi connectivity index (χ1) is 9.36. The summed E-state index contributed by atoms with van der Waals surface area (Å²) in [4.78, 5) is 0.311. The Labute approximate surface area is 121 Å². The van der Waals surface area contributed by atoms with Gasteiger partial charge < -0.3 is 5.32 Å². The van der Waals surface area contributed by atoms with Crippen LogP contribution in [0.3, 0.4) is 0 Å². The van der Waals surface area contributed by atoms with Crippen molar-refractivity contribution in [2.24, 2.45) is 0 Å². The third kappa shape index (κ3) is 3.47. The maximum atomic E-state index is 12.5. The van der Waals surface area contributed by atoms with Gasteiger partial charge in [0.15, 0.2) is 0 Å². The lowest BCUT2D eigenvalue weighted by atomic mass is 10.4. The Balaban J connectivity index is 3.10. The summed E-state index contributed by atoms with van der Waals surface area (Å²) in [6.45, 7) is 8.96. The average molecular weight is 300 g/mol. The summed E-state index contributed by atoms with van der Waals surface area (Å²) >= 11 is 0. The van der Waals surface area contributed by atoms with E-state index in [-0.39, 0.29) is 6.54 Å². The van der Waals surface area contributed by atoms with Gasteiger partial charge in [-0.05, 0) is 33.9 Å². The van der Waals surface area contributed by atoms with E-state index < -0.39 is 10.0 Å². The van der Waals surface area contributed by atoms with Crippen LogP contribution in [0.2, 0.25) is 0 Å². The molecule has 0 aliphatic carbocycles. The summed E-state index contributed by atoms with van der Waals surface area (Å²) in [5, 5.41) is 7.41. The van der Waals surface area contributed by atoms with Crippen LogP contribution in [0.1, 0.15) is 17.8 Å². The second-order valence-corrected chi connectivity index (χ2v) is 6.74. The van der Waals surface area contributed by atoms with Crippen molar-refractivity contribution in [2.75, 3.05) is 27.2 Å². The number of sulfonamides is 1. The molecule has 1 N–H and O–H groups in total. The van der Waals surface area contributed by atoms with Gasteiger partial charge in [0.2, 0.25) is 10.0 Å². The molecule has 7 heteroatoms. The third-order valence-corrected chi connectivity index (χ3v) is 5.24. The summed E-state index contributed by atoms with van der Waals surface area (Å²) < 4.78 is 28.1. The van der Waals surface area contributed by atoms with Crippen LogP contribution >= 0.6 is 0 Å². The van der Waals surface area contributed by atoms with Crippen molar-refractivity contribution in [3.05, 3.63) is 24.0 Å². The number of hydrogen-bond acceptors (Lipinski definition) is 4. The van der Waals surface area contributed by atoms with Crippen molar-refractivity contribution in [3.8, 4) is 0 Å². The molecular formula is C13H24N4O2S. The highest BCUT2D eigenvalue weighted by Gasteiger charge is 2.27. The molecule has 0 aromatic carbocycles.